The van der Waals surface area contributed by atoms with Gasteiger partial charge in [0.25, 0.3) is 11.8 Å². The number of hydrogen-bond donors (Lipinski definition) is 1. The summed E-state index contributed by atoms with van der Waals surface area (Å²) >= 11 is 0. The smallest absolute Gasteiger partial charge is 0.274 e. The molecule has 5 rings (SSSR count). The Labute approximate surface area is 185 Å². The Bertz CT molecular complexity index is 1270. The maximum absolute atomic E-state index is 12.6. The normalized spacial score (nSPS) is 15.9. The predicted octanol–water partition coefficient (Wildman–Crippen LogP) is 2.63. The second-order valence-corrected chi connectivity index (χ2v) is 8.14. The number of amides is 2. The van der Waals surface area contributed by atoms with Crippen molar-refractivity contribution in [1.29, 1.82) is 0 Å². The monoisotopic (exact) mass is 428 g/mol. The molecular weight excluding hydrogens is 404 g/mol. The summed E-state index contributed by atoms with van der Waals surface area (Å²) in [4.78, 5) is 31.3. The largest absolute Gasteiger partial charge is 0.348 e. The van der Waals surface area contributed by atoms with E-state index in [9.17, 15) is 9.59 Å². The molecule has 2 amide bonds. The zero-order valence-electron chi connectivity index (χ0n) is 17.8. The Morgan fingerprint density at radius 1 is 1.09 bits per heavy atom. The molecule has 1 atom stereocenters. The molecule has 1 aromatic carbocycles. The third-order valence-electron chi connectivity index (χ3n) is 5.97. The molecule has 1 aliphatic heterocycles. The molecule has 162 valence electrons. The number of nitrogens with zero attached hydrogens (tertiary/aromatic N) is 5. The summed E-state index contributed by atoms with van der Waals surface area (Å²) in [5.74, 6) is 0.122. The van der Waals surface area contributed by atoms with Crippen molar-refractivity contribution in [2.45, 2.75) is 18.9 Å². The summed E-state index contributed by atoms with van der Waals surface area (Å²) in [6, 6.07) is 13.4. The highest BCUT2D eigenvalue weighted by molar-refractivity contribution is 5.94. The van der Waals surface area contributed by atoms with Crippen molar-refractivity contribution >= 4 is 17.5 Å². The number of aryl methyl sites for hydroxylation is 1. The van der Waals surface area contributed by atoms with Crippen LogP contribution in [-0.4, -0.2) is 49.0 Å². The van der Waals surface area contributed by atoms with Crippen molar-refractivity contribution in [3.05, 3.63) is 89.6 Å². The van der Waals surface area contributed by atoms with E-state index in [0.29, 0.717) is 30.9 Å². The van der Waals surface area contributed by atoms with Crippen molar-refractivity contribution in [2.24, 2.45) is 7.05 Å². The van der Waals surface area contributed by atoms with Crippen LogP contribution in [-0.2, 0) is 13.6 Å². The van der Waals surface area contributed by atoms with E-state index < -0.39 is 0 Å². The maximum atomic E-state index is 12.6. The highest BCUT2D eigenvalue weighted by Crippen LogP contribution is 2.28. The third-order valence-corrected chi connectivity index (χ3v) is 5.97. The molecule has 0 bridgehead atoms. The average molecular weight is 428 g/mol. The van der Waals surface area contributed by atoms with Gasteiger partial charge in [-0.2, -0.15) is 5.10 Å². The number of pyridine rings is 1. The third kappa shape index (κ3) is 3.99. The van der Waals surface area contributed by atoms with Gasteiger partial charge in [0.1, 0.15) is 11.3 Å². The zero-order valence-corrected chi connectivity index (χ0v) is 17.8. The van der Waals surface area contributed by atoms with Crippen LogP contribution in [0, 0.1) is 0 Å². The molecule has 4 aromatic rings. The summed E-state index contributed by atoms with van der Waals surface area (Å²) in [6.07, 6.45) is 8.25. The van der Waals surface area contributed by atoms with Gasteiger partial charge >= 0.3 is 0 Å². The van der Waals surface area contributed by atoms with Crippen LogP contribution in [0.15, 0.2) is 67.3 Å². The number of aromatic nitrogens is 4. The lowest BCUT2D eigenvalue weighted by Crippen LogP contribution is -2.29. The maximum Gasteiger partial charge on any atom is 0.274 e. The Balaban J connectivity index is 1.18. The number of likely N-dealkylation sites (tertiary alicyclic amines) is 1. The zero-order chi connectivity index (χ0) is 22.1. The fourth-order valence-corrected chi connectivity index (χ4v) is 4.16. The van der Waals surface area contributed by atoms with E-state index in [0.717, 1.165) is 23.2 Å². The first kappa shape index (κ1) is 20.0. The Morgan fingerprint density at radius 2 is 1.94 bits per heavy atom. The van der Waals surface area contributed by atoms with E-state index in [4.69, 9.17) is 0 Å². The second kappa shape index (κ2) is 8.30. The van der Waals surface area contributed by atoms with Gasteiger partial charge in [0.2, 0.25) is 0 Å². The van der Waals surface area contributed by atoms with E-state index >= 15 is 0 Å². The van der Waals surface area contributed by atoms with Crippen LogP contribution in [0.1, 0.15) is 44.3 Å². The first-order chi connectivity index (χ1) is 15.6. The molecule has 1 N–H and O–H groups in total. The van der Waals surface area contributed by atoms with Crippen LogP contribution in [0.4, 0.5) is 0 Å². The lowest BCUT2D eigenvalue weighted by atomic mass is 9.97. The quantitative estimate of drug-likeness (QED) is 0.530. The molecule has 0 aliphatic carbocycles. The standard InChI is InChI=1S/C24H24N6O2/c1-28-10-8-21(27-28)24(32)30-12-7-20(16-30)18-2-4-19(5-3-18)23(31)26-15-17-6-11-29-13-9-25-22(29)14-17/h2-6,8-11,13-14,20H,7,12,15-16H2,1H3,(H,26,31). The molecule has 8 heteroatoms. The second-order valence-electron chi connectivity index (χ2n) is 8.14. The minimum Gasteiger partial charge on any atom is -0.348 e. The summed E-state index contributed by atoms with van der Waals surface area (Å²) < 4.78 is 3.57. The van der Waals surface area contributed by atoms with Crippen molar-refractivity contribution in [3.8, 4) is 0 Å². The van der Waals surface area contributed by atoms with Crippen molar-refractivity contribution in [3.63, 3.8) is 0 Å². The number of benzene rings is 1. The number of nitrogens with one attached hydrogen (secondary N) is 1. The average Bonchev–Trinajstić information content (AvgIpc) is 3.57. The van der Waals surface area contributed by atoms with Crippen LogP contribution in [0.25, 0.3) is 5.65 Å². The molecule has 0 saturated carbocycles. The molecule has 0 radical (unpaired) electrons. The van der Waals surface area contributed by atoms with E-state index in [1.54, 1.807) is 30.2 Å². The van der Waals surface area contributed by atoms with E-state index in [1.807, 2.05) is 58.1 Å². The first-order valence-electron chi connectivity index (χ1n) is 10.7. The van der Waals surface area contributed by atoms with Crippen LogP contribution in [0.2, 0.25) is 0 Å². The van der Waals surface area contributed by atoms with Gasteiger partial charge < -0.3 is 14.6 Å². The van der Waals surface area contributed by atoms with Crippen LogP contribution in [0.5, 0.6) is 0 Å². The van der Waals surface area contributed by atoms with Gasteiger partial charge in [-0.25, -0.2) is 4.98 Å². The fourth-order valence-electron chi connectivity index (χ4n) is 4.16. The first-order valence-corrected chi connectivity index (χ1v) is 10.7. The van der Waals surface area contributed by atoms with Gasteiger partial charge in [0.05, 0.1) is 0 Å². The molecule has 0 spiro atoms. The minimum atomic E-state index is -0.113. The molecule has 3 aromatic heterocycles. The van der Waals surface area contributed by atoms with Gasteiger partial charge in [0, 0.05) is 63.0 Å². The molecule has 8 nitrogen and oxygen atoms in total. The highest BCUT2D eigenvalue weighted by atomic mass is 16.2. The molecule has 4 heterocycles. The van der Waals surface area contributed by atoms with Crippen LogP contribution in [0.3, 0.4) is 0 Å². The Morgan fingerprint density at radius 3 is 2.72 bits per heavy atom. The Hall–Kier alpha value is -3.94. The van der Waals surface area contributed by atoms with E-state index in [2.05, 4.69) is 15.4 Å². The summed E-state index contributed by atoms with van der Waals surface area (Å²) in [5, 5.41) is 7.18. The summed E-state index contributed by atoms with van der Waals surface area (Å²) in [7, 11) is 1.80. The molecule has 1 fully saturated rings. The number of imidazole rings is 1. The number of hydrogen-bond acceptors (Lipinski definition) is 4. The van der Waals surface area contributed by atoms with Crippen molar-refractivity contribution in [2.75, 3.05) is 13.1 Å². The number of rotatable bonds is 5. The minimum absolute atomic E-state index is 0.0300. The fraction of sp³-hybridized carbons (Fsp3) is 0.250. The topological polar surface area (TPSA) is 84.5 Å². The van der Waals surface area contributed by atoms with Crippen molar-refractivity contribution < 1.29 is 9.59 Å². The highest BCUT2D eigenvalue weighted by Gasteiger charge is 2.29. The van der Waals surface area contributed by atoms with Gasteiger partial charge in [-0.3, -0.25) is 14.3 Å². The van der Waals surface area contributed by atoms with Gasteiger partial charge in [-0.15, -0.1) is 0 Å². The van der Waals surface area contributed by atoms with Crippen LogP contribution < -0.4 is 5.32 Å². The molecule has 1 unspecified atom stereocenters. The molecule has 1 saturated heterocycles. The molecular formula is C24H24N6O2. The lowest BCUT2D eigenvalue weighted by Gasteiger charge is -2.15. The van der Waals surface area contributed by atoms with Crippen molar-refractivity contribution in [1.82, 2.24) is 29.4 Å². The lowest BCUT2D eigenvalue weighted by molar-refractivity contribution is 0.0784. The van der Waals surface area contributed by atoms with E-state index in [1.165, 1.54) is 0 Å². The summed E-state index contributed by atoms with van der Waals surface area (Å²) in [5.41, 5.74) is 4.09. The van der Waals surface area contributed by atoms with E-state index in [-0.39, 0.29) is 17.7 Å². The SMILES string of the molecule is Cn1ccc(C(=O)N2CCC(c3ccc(C(=O)NCc4ccn5ccnc5c4)cc3)C2)n1. The molecule has 32 heavy (non-hydrogen) atoms. The Kier molecular flexibility index (Phi) is 5.18. The number of carbonyl (C=O) groups excluding carboxylic acids is 2. The molecule has 1 aliphatic rings. The predicted molar refractivity (Wildman–Crippen MR) is 119 cm³/mol. The van der Waals surface area contributed by atoms with Crippen LogP contribution >= 0.6 is 0 Å². The van der Waals surface area contributed by atoms with Gasteiger partial charge in [-0.1, -0.05) is 12.1 Å². The number of fused-ring (bicyclic) bond motifs is 1. The van der Waals surface area contributed by atoms with Gasteiger partial charge in [0.15, 0.2) is 0 Å². The van der Waals surface area contributed by atoms with Gasteiger partial charge in [-0.05, 0) is 47.9 Å². The summed E-state index contributed by atoms with van der Waals surface area (Å²) in [6.45, 7) is 1.82. The number of carbonyl (C=O) groups is 2.